The number of carboxylic acids is 1. The molecule has 0 aromatic carbocycles. The summed E-state index contributed by atoms with van der Waals surface area (Å²) in [4.78, 5) is 31.7. The fourth-order valence-electron chi connectivity index (χ4n) is 2.57. The van der Waals surface area contributed by atoms with E-state index in [0.29, 0.717) is 0 Å². The molecule has 0 atom stereocenters. The molecular formula is C14H22N4O3. The van der Waals surface area contributed by atoms with Crippen molar-refractivity contribution < 1.29 is 14.7 Å². The number of carbonyl (C=O) groups is 2. The van der Waals surface area contributed by atoms with Crippen LogP contribution in [-0.4, -0.2) is 57.5 Å². The smallest absolute Gasteiger partial charge is 0.354 e. The molecule has 0 spiro atoms. The van der Waals surface area contributed by atoms with Gasteiger partial charge in [0.15, 0.2) is 11.4 Å². The van der Waals surface area contributed by atoms with Crippen LogP contribution < -0.4 is 5.32 Å². The molecule has 7 heteroatoms. The molecular weight excluding hydrogens is 272 g/mol. The Kier molecular flexibility index (Phi) is 5.32. The summed E-state index contributed by atoms with van der Waals surface area (Å²) in [6.07, 6.45) is 5.40. The molecule has 0 radical (unpaired) electrons. The summed E-state index contributed by atoms with van der Waals surface area (Å²) in [6.45, 7) is 5.23. The van der Waals surface area contributed by atoms with Crippen molar-refractivity contribution in [3.8, 4) is 0 Å². The van der Waals surface area contributed by atoms with Crippen LogP contribution in [-0.2, 0) is 0 Å². The summed E-state index contributed by atoms with van der Waals surface area (Å²) in [5.41, 5.74) is -0.205. The topological polar surface area (TPSA) is 98.3 Å². The summed E-state index contributed by atoms with van der Waals surface area (Å²) in [5.74, 6) is -1.59. The number of likely N-dealkylation sites (tertiary alicyclic amines) is 1. The highest BCUT2D eigenvalue weighted by molar-refractivity contribution is 6.02. The van der Waals surface area contributed by atoms with Gasteiger partial charge in [0, 0.05) is 19.1 Å². The molecule has 0 unspecified atom stereocenters. The zero-order valence-corrected chi connectivity index (χ0v) is 12.3. The summed E-state index contributed by atoms with van der Waals surface area (Å²) in [6, 6.07) is 0.0914. The molecule has 2 heterocycles. The van der Waals surface area contributed by atoms with Crippen LogP contribution >= 0.6 is 0 Å². The molecule has 1 aliphatic rings. The number of aromatic nitrogens is 2. The van der Waals surface area contributed by atoms with Gasteiger partial charge in [-0.15, -0.1) is 0 Å². The minimum absolute atomic E-state index is 0.0455. The van der Waals surface area contributed by atoms with Gasteiger partial charge in [-0.3, -0.25) is 4.79 Å². The number of unbranched alkanes of at least 4 members (excludes halogenated alkanes) is 1. The van der Waals surface area contributed by atoms with Crippen molar-refractivity contribution in [1.29, 1.82) is 0 Å². The number of aromatic amines is 1. The Morgan fingerprint density at radius 2 is 2.19 bits per heavy atom. The van der Waals surface area contributed by atoms with E-state index in [1.807, 2.05) is 0 Å². The second-order valence-corrected chi connectivity index (χ2v) is 5.37. The number of imidazole rings is 1. The maximum atomic E-state index is 12.1. The number of rotatable bonds is 6. The van der Waals surface area contributed by atoms with Gasteiger partial charge in [0.25, 0.3) is 5.91 Å². The van der Waals surface area contributed by atoms with Crippen LogP contribution in [0.5, 0.6) is 0 Å². The lowest BCUT2D eigenvalue weighted by Crippen LogP contribution is -2.45. The van der Waals surface area contributed by atoms with Gasteiger partial charge in [-0.1, -0.05) is 13.3 Å². The fourth-order valence-corrected chi connectivity index (χ4v) is 2.57. The van der Waals surface area contributed by atoms with Crippen molar-refractivity contribution in [3.05, 3.63) is 17.7 Å². The van der Waals surface area contributed by atoms with Gasteiger partial charge in [0.2, 0.25) is 0 Å². The van der Waals surface area contributed by atoms with Crippen molar-refractivity contribution >= 4 is 11.9 Å². The maximum absolute atomic E-state index is 12.1. The van der Waals surface area contributed by atoms with Crippen LogP contribution in [0.1, 0.15) is 53.6 Å². The van der Waals surface area contributed by atoms with E-state index in [-0.39, 0.29) is 17.4 Å². The van der Waals surface area contributed by atoms with E-state index in [1.165, 1.54) is 19.2 Å². The van der Waals surface area contributed by atoms with Crippen LogP contribution in [0, 0.1) is 0 Å². The van der Waals surface area contributed by atoms with Gasteiger partial charge in [-0.05, 0) is 25.8 Å². The molecule has 116 valence electrons. The summed E-state index contributed by atoms with van der Waals surface area (Å²) in [5, 5.41) is 11.9. The largest absolute Gasteiger partial charge is 0.477 e. The third kappa shape index (κ3) is 4.04. The number of carboxylic acid groups (broad SMARTS) is 1. The predicted molar refractivity (Wildman–Crippen MR) is 77.4 cm³/mol. The van der Waals surface area contributed by atoms with Crippen molar-refractivity contribution in [2.24, 2.45) is 0 Å². The number of hydrogen-bond acceptors (Lipinski definition) is 4. The first-order chi connectivity index (χ1) is 10.1. The Morgan fingerprint density at radius 3 is 2.81 bits per heavy atom. The first-order valence-corrected chi connectivity index (χ1v) is 7.41. The highest BCUT2D eigenvalue weighted by Crippen LogP contribution is 2.12. The lowest BCUT2D eigenvalue weighted by atomic mass is 10.0. The highest BCUT2D eigenvalue weighted by atomic mass is 16.4. The number of nitrogens with one attached hydrogen (secondary N) is 2. The van der Waals surface area contributed by atoms with Crippen molar-refractivity contribution in [2.45, 2.75) is 38.6 Å². The van der Waals surface area contributed by atoms with Gasteiger partial charge in [0.05, 0.1) is 6.33 Å². The van der Waals surface area contributed by atoms with Crippen LogP contribution in [0.3, 0.4) is 0 Å². The molecule has 0 aliphatic carbocycles. The highest BCUT2D eigenvalue weighted by Gasteiger charge is 2.24. The number of nitrogens with zero attached hydrogens (tertiary/aromatic N) is 2. The molecule has 1 aliphatic heterocycles. The van der Waals surface area contributed by atoms with Gasteiger partial charge in [-0.2, -0.15) is 0 Å². The van der Waals surface area contributed by atoms with E-state index in [0.717, 1.165) is 32.5 Å². The van der Waals surface area contributed by atoms with E-state index >= 15 is 0 Å². The monoisotopic (exact) mass is 294 g/mol. The molecule has 7 nitrogen and oxygen atoms in total. The molecule has 2 rings (SSSR count). The van der Waals surface area contributed by atoms with Crippen molar-refractivity contribution in [2.75, 3.05) is 19.6 Å². The van der Waals surface area contributed by atoms with Crippen LogP contribution in [0.4, 0.5) is 0 Å². The van der Waals surface area contributed by atoms with E-state index in [4.69, 9.17) is 5.11 Å². The van der Waals surface area contributed by atoms with Crippen LogP contribution in [0.15, 0.2) is 6.33 Å². The Morgan fingerprint density at radius 1 is 1.48 bits per heavy atom. The van der Waals surface area contributed by atoms with Gasteiger partial charge < -0.3 is 20.3 Å². The molecule has 1 aromatic rings. The first-order valence-electron chi connectivity index (χ1n) is 7.41. The quantitative estimate of drug-likeness (QED) is 0.730. The van der Waals surface area contributed by atoms with Gasteiger partial charge >= 0.3 is 5.97 Å². The number of aromatic carboxylic acids is 1. The molecule has 1 aromatic heterocycles. The molecule has 1 saturated heterocycles. The van der Waals surface area contributed by atoms with Gasteiger partial charge in [0.1, 0.15) is 0 Å². The zero-order valence-electron chi connectivity index (χ0n) is 12.3. The van der Waals surface area contributed by atoms with E-state index in [2.05, 4.69) is 27.1 Å². The first kappa shape index (κ1) is 15.5. The fraction of sp³-hybridized carbons (Fsp3) is 0.643. The van der Waals surface area contributed by atoms with Crippen LogP contribution in [0.25, 0.3) is 0 Å². The number of carbonyl (C=O) groups excluding carboxylic acids is 1. The third-order valence-electron chi connectivity index (χ3n) is 3.82. The summed E-state index contributed by atoms with van der Waals surface area (Å²) < 4.78 is 0. The number of piperidine rings is 1. The molecule has 1 amide bonds. The molecule has 0 bridgehead atoms. The Balaban J connectivity index is 1.84. The Labute approximate surface area is 123 Å². The number of amides is 1. The standard InChI is InChI=1S/C14H22N4O3/c1-2-3-6-18-7-4-10(5-8-18)17-13(19)11-12(14(20)21)16-9-15-11/h9-10H,2-8H2,1H3,(H,15,16)(H,17,19)(H,20,21). The average molecular weight is 294 g/mol. The molecule has 21 heavy (non-hydrogen) atoms. The van der Waals surface area contributed by atoms with Crippen LogP contribution in [0.2, 0.25) is 0 Å². The van der Waals surface area contributed by atoms with Gasteiger partial charge in [-0.25, -0.2) is 9.78 Å². The molecule has 1 fully saturated rings. The Hall–Kier alpha value is -1.89. The minimum atomic E-state index is -1.17. The second-order valence-electron chi connectivity index (χ2n) is 5.37. The van der Waals surface area contributed by atoms with Crippen molar-refractivity contribution in [3.63, 3.8) is 0 Å². The third-order valence-corrected chi connectivity index (χ3v) is 3.82. The second kappa shape index (κ2) is 7.21. The lowest BCUT2D eigenvalue weighted by Gasteiger charge is -2.32. The lowest BCUT2D eigenvalue weighted by molar-refractivity contribution is 0.0683. The number of H-pyrrole nitrogens is 1. The molecule has 0 saturated carbocycles. The number of hydrogen-bond donors (Lipinski definition) is 3. The van der Waals surface area contributed by atoms with E-state index in [9.17, 15) is 9.59 Å². The maximum Gasteiger partial charge on any atom is 0.354 e. The van der Waals surface area contributed by atoms with E-state index in [1.54, 1.807) is 0 Å². The predicted octanol–water partition coefficient (Wildman–Crippen LogP) is 1.10. The van der Waals surface area contributed by atoms with E-state index < -0.39 is 11.9 Å². The average Bonchev–Trinajstić information content (AvgIpc) is 2.96. The SMILES string of the molecule is CCCCN1CCC(NC(=O)c2nc[nH]c2C(=O)O)CC1. The molecule has 3 N–H and O–H groups in total. The van der Waals surface area contributed by atoms with Crippen molar-refractivity contribution in [1.82, 2.24) is 20.2 Å². The summed E-state index contributed by atoms with van der Waals surface area (Å²) in [7, 11) is 0. The normalized spacial score (nSPS) is 16.8. The zero-order chi connectivity index (χ0) is 15.2. The minimum Gasteiger partial charge on any atom is -0.477 e. The summed E-state index contributed by atoms with van der Waals surface area (Å²) >= 11 is 0. The Bertz CT molecular complexity index is 492.